The van der Waals surface area contributed by atoms with Crippen LogP contribution in [0.3, 0.4) is 0 Å². The molecule has 0 saturated carbocycles. The smallest absolute Gasteiger partial charge is 0.112 e. The van der Waals surface area contributed by atoms with E-state index >= 15 is 0 Å². The first kappa shape index (κ1) is 6.22. The van der Waals surface area contributed by atoms with Crippen molar-refractivity contribution in [2.45, 2.75) is 6.04 Å². The molecular formula is C5H12N4. The van der Waals surface area contributed by atoms with Gasteiger partial charge < -0.3 is 11.1 Å². The summed E-state index contributed by atoms with van der Waals surface area (Å²) in [6.45, 7) is 1.94. The zero-order chi connectivity index (χ0) is 6.53. The van der Waals surface area contributed by atoms with Gasteiger partial charge in [-0.05, 0) is 0 Å². The second kappa shape index (κ2) is 3.19. The van der Waals surface area contributed by atoms with Crippen molar-refractivity contribution in [3.05, 3.63) is 0 Å². The van der Waals surface area contributed by atoms with Crippen LogP contribution in [0.5, 0.6) is 0 Å². The third kappa shape index (κ3) is 1.81. The van der Waals surface area contributed by atoms with Crippen molar-refractivity contribution in [1.29, 1.82) is 0 Å². The molecule has 0 amide bonds. The van der Waals surface area contributed by atoms with E-state index < -0.39 is 0 Å². The monoisotopic (exact) mass is 128 g/mol. The topological polar surface area (TPSA) is 62.8 Å². The number of nitrogens with one attached hydrogen (secondary N) is 1. The van der Waals surface area contributed by atoms with Crippen molar-refractivity contribution in [3.63, 3.8) is 0 Å². The molecule has 4 heteroatoms. The SMILES string of the molecule is NC=NC=NC1CNC1.[HH]. The summed E-state index contributed by atoms with van der Waals surface area (Å²) >= 11 is 0. The molecule has 1 aliphatic heterocycles. The van der Waals surface area contributed by atoms with Gasteiger partial charge in [-0.1, -0.05) is 0 Å². The number of hydrogen-bond donors (Lipinski definition) is 2. The average Bonchev–Trinajstić information content (AvgIpc) is 1.76. The first-order valence-electron chi connectivity index (χ1n) is 2.89. The van der Waals surface area contributed by atoms with E-state index in [9.17, 15) is 0 Å². The van der Waals surface area contributed by atoms with Gasteiger partial charge in [-0.2, -0.15) is 0 Å². The molecule has 1 rings (SSSR count). The quantitative estimate of drug-likeness (QED) is 0.378. The van der Waals surface area contributed by atoms with Crippen LogP contribution in [0, 0.1) is 0 Å². The van der Waals surface area contributed by atoms with E-state index in [1.807, 2.05) is 0 Å². The predicted molar refractivity (Wildman–Crippen MR) is 39.9 cm³/mol. The van der Waals surface area contributed by atoms with Crippen molar-refractivity contribution >= 4 is 12.7 Å². The maximum atomic E-state index is 4.98. The third-order valence-electron chi connectivity index (χ3n) is 1.19. The Hall–Kier alpha value is -0.900. The van der Waals surface area contributed by atoms with E-state index in [2.05, 4.69) is 15.3 Å². The van der Waals surface area contributed by atoms with Crippen molar-refractivity contribution < 1.29 is 1.43 Å². The number of aliphatic imine (C=N–C) groups is 2. The number of nitrogens with zero attached hydrogens (tertiary/aromatic N) is 2. The molecule has 1 fully saturated rings. The minimum atomic E-state index is 0. The lowest BCUT2D eigenvalue weighted by atomic mass is 10.2. The van der Waals surface area contributed by atoms with E-state index in [0.717, 1.165) is 13.1 Å². The van der Waals surface area contributed by atoms with Crippen LogP contribution < -0.4 is 11.1 Å². The third-order valence-corrected chi connectivity index (χ3v) is 1.19. The Labute approximate surface area is 55.4 Å². The average molecular weight is 128 g/mol. The Bertz CT molecular complexity index is 130. The molecule has 0 aromatic heterocycles. The number of rotatable bonds is 2. The Morgan fingerprint density at radius 2 is 2.44 bits per heavy atom. The number of nitrogens with two attached hydrogens (primary N) is 1. The highest BCUT2D eigenvalue weighted by molar-refractivity contribution is 5.69. The van der Waals surface area contributed by atoms with E-state index in [4.69, 9.17) is 5.73 Å². The molecule has 0 aromatic rings. The lowest BCUT2D eigenvalue weighted by molar-refractivity contribution is 0.449. The summed E-state index contributed by atoms with van der Waals surface area (Å²) in [7, 11) is 0. The van der Waals surface area contributed by atoms with Gasteiger partial charge in [0.15, 0.2) is 0 Å². The van der Waals surface area contributed by atoms with Crippen LogP contribution in [0.1, 0.15) is 1.43 Å². The second-order valence-corrected chi connectivity index (χ2v) is 1.87. The van der Waals surface area contributed by atoms with Gasteiger partial charge in [0.25, 0.3) is 0 Å². The second-order valence-electron chi connectivity index (χ2n) is 1.87. The molecule has 1 aliphatic rings. The molecule has 1 heterocycles. The predicted octanol–water partition coefficient (Wildman–Crippen LogP) is -0.780. The van der Waals surface area contributed by atoms with Gasteiger partial charge in [-0.3, -0.25) is 4.99 Å². The van der Waals surface area contributed by atoms with Crippen LogP contribution in [-0.2, 0) is 0 Å². The highest BCUT2D eigenvalue weighted by Gasteiger charge is 2.12. The van der Waals surface area contributed by atoms with Crippen molar-refractivity contribution in [3.8, 4) is 0 Å². The highest BCUT2D eigenvalue weighted by atomic mass is 15.1. The van der Waals surface area contributed by atoms with Crippen LogP contribution in [0.4, 0.5) is 0 Å². The van der Waals surface area contributed by atoms with Crippen LogP contribution in [-0.4, -0.2) is 31.8 Å². The Morgan fingerprint density at radius 3 is 2.89 bits per heavy atom. The zero-order valence-electron chi connectivity index (χ0n) is 5.12. The standard InChI is InChI=1S/C5H10N4.H2/c6-3-8-4-9-5-1-7-2-5;/h3-5,7H,1-2H2,(H2,6,8,9);1H. The van der Waals surface area contributed by atoms with E-state index in [0.29, 0.717) is 6.04 Å². The molecular weight excluding hydrogens is 116 g/mol. The maximum Gasteiger partial charge on any atom is 0.112 e. The molecule has 52 valence electrons. The molecule has 0 aliphatic carbocycles. The maximum absolute atomic E-state index is 4.98. The normalized spacial score (nSPS) is 21.3. The molecule has 0 spiro atoms. The highest BCUT2D eigenvalue weighted by Crippen LogP contribution is 1.94. The lowest BCUT2D eigenvalue weighted by Crippen LogP contribution is -2.45. The van der Waals surface area contributed by atoms with E-state index in [1.165, 1.54) is 12.7 Å². The number of hydrogen-bond acceptors (Lipinski definition) is 2. The van der Waals surface area contributed by atoms with Gasteiger partial charge >= 0.3 is 0 Å². The molecule has 1 saturated heterocycles. The molecule has 4 nitrogen and oxygen atoms in total. The summed E-state index contributed by atoms with van der Waals surface area (Å²) in [5.41, 5.74) is 4.98. The zero-order valence-corrected chi connectivity index (χ0v) is 5.12. The Balaban J connectivity index is 0.000000810. The van der Waals surface area contributed by atoms with Crippen LogP contribution >= 0.6 is 0 Å². The molecule has 0 bridgehead atoms. The van der Waals surface area contributed by atoms with Crippen LogP contribution in [0.25, 0.3) is 0 Å². The first-order valence-corrected chi connectivity index (χ1v) is 2.89. The van der Waals surface area contributed by atoms with Gasteiger partial charge in [0.05, 0.1) is 12.4 Å². The lowest BCUT2D eigenvalue weighted by Gasteiger charge is -2.21. The Morgan fingerprint density at radius 1 is 1.67 bits per heavy atom. The fraction of sp³-hybridized carbons (Fsp3) is 0.600. The van der Waals surface area contributed by atoms with Gasteiger partial charge in [-0.15, -0.1) is 0 Å². The Kier molecular flexibility index (Phi) is 2.21. The summed E-state index contributed by atoms with van der Waals surface area (Å²) in [6, 6.07) is 0.425. The molecule has 3 N–H and O–H groups in total. The van der Waals surface area contributed by atoms with Crippen molar-refractivity contribution in [2.24, 2.45) is 15.7 Å². The van der Waals surface area contributed by atoms with Gasteiger partial charge in [0, 0.05) is 14.5 Å². The minimum absolute atomic E-state index is 0. The summed E-state index contributed by atoms with van der Waals surface area (Å²) in [6.07, 6.45) is 2.72. The summed E-state index contributed by atoms with van der Waals surface area (Å²) < 4.78 is 0. The largest absolute Gasteiger partial charge is 0.390 e. The molecule has 0 atom stereocenters. The fourth-order valence-corrected chi connectivity index (χ4v) is 0.550. The van der Waals surface area contributed by atoms with Crippen LogP contribution in [0.15, 0.2) is 9.98 Å². The molecule has 0 aromatic carbocycles. The molecule has 0 radical (unpaired) electrons. The summed E-state index contributed by atoms with van der Waals surface area (Å²) in [5, 5.41) is 3.09. The van der Waals surface area contributed by atoms with Crippen molar-refractivity contribution in [2.75, 3.05) is 13.1 Å². The van der Waals surface area contributed by atoms with Gasteiger partial charge in [0.1, 0.15) is 6.34 Å². The van der Waals surface area contributed by atoms with Crippen molar-refractivity contribution in [1.82, 2.24) is 5.32 Å². The molecule has 0 unspecified atom stereocenters. The first-order chi connectivity index (χ1) is 4.43. The molecule has 9 heavy (non-hydrogen) atoms. The van der Waals surface area contributed by atoms with E-state index in [-0.39, 0.29) is 1.43 Å². The summed E-state index contributed by atoms with van der Waals surface area (Å²) in [4.78, 5) is 7.68. The van der Waals surface area contributed by atoms with E-state index in [1.54, 1.807) is 0 Å². The van der Waals surface area contributed by atoms with Gasteiger partial charge in [-0.25, -0.2) is 4.99 Å². The fourth-order valence-electron chi connectivity index (χ4n) is 0.550. The summed E-state index contributed by atoms with van der Waals surface area (Å²) in [5.74, 6) is 0. The van der Waals surface area contributed by atoms with Crippen LogP contribution in [0.2, 0.25) is 0 Å². The van der Waals surface area contributed by atoms with Gasteiger partial charge in [0.2, 0.25) is 0 Å². The minimum Gasteiger partial charge on any atom is -0.390 e.